The van der Waals surface area contributed by atoms with Gasteiger partial charge in [0, 0.05) is 22.8 Å². The zero-order chi connectivity index (χ0) is 17.1. The molecule has 122 valence electrons. The monoisotopic (exact) mass is 340 g/mol. The average molecular weight is 341 g/mol. The summed E-state index contributed by atoms with van der Waals surface area (Å²) >= 11 is 5.91. The molecule has 1 aliphatic heterocycles. The maximum absolute atomic E-state index is 12.4. The van der Waals surface area contributed by atoms with Crippen molar-refractivity contribution in [1.29, 1.82) is 0 Å². The van der Waals surface area contributed by atoms with Crippen LogP contribution in [0.5, 0.6) is 0 Å². The highest BCUT2D eigenvalue weighted by atomic mass is 35.5. The maximum atomic E-state index is 12.4. The summed E-state index contributed by atoms with van der Waals surface area (Å²) < 4.78 is 0. The number of halogens is 1. The van der Waals surface area contributed by atoms with Crippen molar-refractivity contribution in [2.45, 2.75) is 19.4 Å². The Morgan fingerprint density at radius 2 is 1.96 bits per heavy atom. The van der Waals surface area contributed by atoms with E-state index >= 15 is 0 Å². The SMILES string of the molecule is C=CC(=O)Nc1ccc2c(c1)CCC(=O)N2Cc1ccc(Cl)cc1. The summed E-state index contributed by atoms with van der Waals surface area (Å²) in [4.78, 5) is 25.6. The van der Waals surface area contributed by atoms with E-state index in [1.54, 1.807) is 11.0 Å². The fraction of sp³-hybridized carbons (Fsp3) is 0.158. The fourth-order valence-corrected chi connectivity index (χ4v) is 2.90. The van der Waals surface area contributed by atoms with Gasteiger partial charge in [0.15, 0.2) is 0 Å². The third kappa shape index (κ3) is 3.49. The van der Waals surface area contributed by atoms with Gasteiger partial charge in [-0.25, -0.2) is 0 Å². The van der Waals surface area contributed by atoms with E-state index in [1.165, 1.54) is 6.08 Å². The van der Waals surface area contributed by atoms with E-state index in [9.17, 15) is 9.59 Å². The van der Waals surface area contributed by atoms with Gasteiger partial charge in [-0.1, -0.05) is 30.3 Å². The van der Waals surface area contributed by atoms with E-state index in [0.29, 0.717) is 30.1 Å². The lowest BCUT2D eigenvalue weighted by Crippen LogP contribution is -2.34. The number of nitrogens with one attached hydrogen (secondary N) is 1. The maximum Gasteiger partial charge on any atom is 0.247 e. The molecule has 2 amide bonds. The van der Waals surface area contributed by atoms with Crippen molar-refractivity contribution >= 4 is 34.8 Å². The number of carbonyl (C=O) groups excluding carboxylic acids is 2. The molecule has 1 aliphatic rings. The minimum atomic E-state index is -0.250. The van der Waals surface area contributed by atoms with Gasteiger partial charge in [-0.15, -0.1) is 0 Å². The van der Waals surface area contributed by atoms with Crippen molar-refractivity contribution in [3.8, 4) is 0 Å². The zero-order valence-electron chi connectivity index (χ0n) is 13.1. The number of hydrogen-bond donors (Lipinski definition) is 1. The first-order chi connectivity index (χ1) is 11.6. The summed E-state index contributed by atoms with van der Waals surface area (Å²) in [5, 5.41) is 3.42. The molecule has 24 heavy (non-hydrogen) atoms. The second-order valence-corrected chi connectivity index (χ2v) is 6.08. The Morgan fingerprint density at radius 3 is 2.67 bits per heavy atom. The lowest BCUT2D eigenvalue weighted by molar-refractivity contribution is -0.119. The number of fused-ring (bicyclic) bond motifs is 1. The Morgan fingerprint density at radius 1 is 1.21 bits per heavy atom. The van der Waals surface area contributed by atoms with Crippen molar-refractivity contribution in [2.75, 3.05) is 10.2 Å². The third-order valence-electron chi connectivity index (χ3n) is 3.99. The van der Waals surface area contributed by atoms with Crippen molar-refractivity contribution < 1.29 is 9.59 Å². The van der Waals surface area contributed by atoms with Crippen molar-refractivity contribution in [3.05, 3.63) is 71.3 Å². The number of nitrogens with zero attached hydrogens (tertiary/aromatic N) is 1. The summed E-state index contributed by atoms with van der Waals surface area (Å²) in [6.07, 6.45) is 2.36. The van der Waals surface area contributed by atoms with E-state index in [-0.39, 0.29) is 11.8 Å². The Bertz CT molecular complexity index is 800. The molecule has 0 bridgehead atoms. The quantitative estimate of drug-likeness (QED) is 0.857. The van der Waals surface area contributed by atoms with Crippen LogP contribution in [0.25, 0.3) is 0 Å². The van der Waals surface area contributed by atoms with Crippen LogP contribution in [-0.2, 0) is 22.6 Å². The van der Waals surface area contributed by atoms with Crippen LogP contribution in [0, 0.1) is 0 Å². The van der Waals surface area contributed by atoms with Gasteiger partial charge in [0.1, 0.15) is 0 Å². The first-order valence-electron chi connectivity index (χ1n) is 7.68. The van der Waals surface area contributed by atoms with Crippen LogP contribution in [-0.4, -0.2) is 11.8 Å². The Labute approximate surface area is 145 Å². The molecule has 0 atom stereocenters. The molecular formula is C19H17ClN2O2. The topological polar surface area (TPSA) is 49.4 Å². The number of carbonyl (C=O) groups is 2. The molecule has 4 nitrogen and oxygen atoms in total. The lowest BCUT2D eigenvalue weighted by atomic mass is 9.99. The van der Waals surface area contributed by atoms with Gasteiger partial charge in [-0.05, 0) is 54.0 Å². The molecule has 2 aromatic carbocycles. The molecule has 5 heteroatoms. The highest BCUT2D eigenvalue weighted by Crippen LogP contribution is 2.31. The van der Waals surface area contributed by atoms with Crippen LogP contribution in [0.2, 0.25) is 5.02 Å². The van der Waals surface area contributed by atoms with Gasteiger partial charge in [0.25, 0.3) is 0 Å². The lowest BCUT2D eigenvalue weighted by Gasteiger charge is -2.30. The first kappa shape index (κ1) is 16.3. The Kier molecular flexibility index (Phi) is 4.67. The molecule has 1 N–H and O–H groups in total. The molecule has 0 spiro atoms. The Hall–Kier alpha value is -2.59. The predicted octanol–water partition coefficient (Wildman–Crippen LogP) is 3.94. The van der Waals surface area contributed by atoms with Crippen LogP contribution in [0.3, 0.4) is 0 Å². The standard InChI is InChI=1S/C19H17ClN2O2/c1-2-18(23)21-16-8-9-17-14(11-16)5-10-19(24)22(17)12-13-3-6-15(20)7-4-13/h2-4,6-9,11H,1,5,10,12H2,(H,21,23). The average Bonchev–Trinajstić information content (AvgIpc) is 2.59. The molecule has 0 saturated carbocycles. The number of anilines is 2. The summed E-state index contributed by atoms with van der Waals surface area (Å²) in [5.41, 5.74) is 3.66. The smallest absolute Gasteiger partial charge is 0.247 e. The molecule has 3 rings (SSSR count). The number of benzene rings is 2. The highest BCUT2D eigenvalue weighted by molar-refractivity contribution is 6.30. The summed E-state index contributed by atoms with van der Waals surface area (Å²) in [6.45, 7) is 3.95. The largest absolute Gasteiger partial charge is 0.323 e. The van der Waals surface area contributed by atoms with Crippen LogP contribution in [0.4, 0.5) is 11.4 Å². The Balaban J connectivity index is 1.87. The molecule has 0 aromatic heterocycles. The molecule has 0 fully saturated rings. The van der Waals surface area contributed by atoms with E-state index in [1.807, 2.05) is 36.4 Å². The zero-order valence-corrected chi connectivity index (χ0v) is 13.8. The fourth-order valence-electron chi connectivity index (χ4n) is 2.78. The number of hydrogen-bond acceptors (Lipinski definition) is 2. The van der Waals surface area contributed by atoms with Gasteiger partial charge in [-0.3, -0.25) is 9.59 Å². The van der Waals surface area contributed by atoms with Gasteiger partial charge >= 0.3 is 0 Å². The van der Waals surface area contributed by atoms with E-state index < -0.39 is 0 Å². The number of aryl methyl sites for hydroxylation is 1. The van der Waals surface area contributed by atoms with Crippen molar-refractivity contribution in [1.82, 2.24) is 0 Å². The molecule has 0 saturated heterocycles. The number of amides is 2. The van der Waals surface area contributed by atoms with Crippen LogP contribution < -0.4 is 10.2 Å². The van der Waals surface area contributed by atoms with Crippen molar-refractivity contribution in [3.63, 3.8) is 0 Å². The first-order valence-corrected chi connectivity index (χ1v) is 8.06. The van der Waals surface area contributed by atoms with E-state index in [0.717, 1.165) is 16.8 Å². The summed E-state index contributed by atoms with van der Waals surface area (Å²) in [7, 11) is 0. The van der Waals surface area contributed by atoms with Crippen LogP contribution in [0.15, 0.2) is 55.1 Å². The van der Waals surface area contributed by atoms with Gasteiger partial charge in [0.05, 0.1) is 6.54 Å². The predicted molar refractivity (Wildman–Crippen MR) is 96.2 cm³/mol. The van der Waals surface area contributed by atoms with E-state index in [4.69, 9.17) is 11.6 Å². The van der Waals surface area contributed by atoms with Crippen LogP contribution in [0.1, 0.15) is 17.5 Å². The summed E-state index contributed by atoms with van der Waals surface area (Å²) in [5.74, 6) is -0.153. The van der Waals surface area contributed by atoms with Crippen LogP contribution >= 0.6 is 11.6 Å². The minimum Gasteiger partial charge on any atom is -0.323 e. The minimum absolute atomic E-state index is 0.0975. The molecule has 2 aromatic rings. The molecular weight excluding hydrogens is 324 g/mol. The van der Waals surface area contributed by atoms with E-state index in [2.05, 4.69) is 11.9 Å². The normalized spacial score (nSPS) is 13.4. The molecule has 0 radical (unpaired) electrons. The van der Waals surface area contributed by atoms with Gasteiger partial charge in [-0.2, -0.15) is 0 Å². The molecule has 1 heterocycles. The molecule has 0 unspecified atom stereocenters. The third-order valence-corrected chi connectivity index (χ3v) is 4.24. The molecule has 0 aliphatic carbocycles. The second-order valence-electron chi connectivity index (χ2n) is 5.64. The summed E-state index contributed by atoms with van der Waals surface area (Å²) in [6, 6.07) is 13.1. The number of rotatable bonds is 4. The highest BCUT2D eigenvalue weighted by Gasteiger charge is 2.24. The van der Waals surface area contributed by atoms with Crippen molar-refractivity contribution in [2.24, 2.45) is 0 Å². The van der Waals surface area contributed by atoms with Gasteiger partial charge in [0.2, 0.25) is 11.8 Å². The second kappa shape index (κ2) is 6.89. The van der Waals surface area contributed by atoms with Gasteiger partial charge < -0.3 is 10.2 Å².